The maximum absolute atomic E-state index is 12.3. The summed E-state index contributed by atoms with van der Waals surface area (Å²) in [6.45, 7) is 1.01. The highest BCUT2D eigenvalue weighted by atomic mass is 16.5. The second-order valence-corrected chi connectivity index (χ2v) is 9.14. The molecule has 0 fully saturated rings. The molecular formula is C31H34O7. The molecule has 0 saturated heterocycles. The Bertz CT molecular complexity index is 1400. The molecule has 0 aliphatic rings. The molecule has 0 saturated carbocycles. The third-order valence-corrected chi connectivity index (χ3v) is 6.81. The Morgan fingerprint density at radius 1 is 0.763 bits per heavy atom. The maximum atomic E-state index is 12.3. The summed E-state index contributed by atoms with van der Waals surface area (Å²) in [5, 5.41) is 13.8. The lowest BCUT2D eigenvalue weighted by atomic mass is 9.89. The highest BCUT2D eigenvalue weighted by molar-refractivity contribution is 6.11. The number of fused-ring (bicyclic) bond motifs is 3. The molecule has 0 aromatic heterocycles. The van der Waals surface area contributed by atoms with Gasteiger partial charge in [0.25, 0.3) is 0 Å². The molecule has 1 N–H and O–H groups in total. The van der Waals surface area contributed by atoms with Gasteiger partial charge < -0.3 is 28.8 Å². The highest BCUT2D eigenvalue weighted by Crippen LogP contribution is 2.42. The quantitative estimate of drug-likeness (QED) is 0.165. The molecule has 0 amide bonds. The SMILES string of the molecule is COc1cc2cc(C[C@H](CCCOCc3ccccc3)C(=O)O)c3cc(OC)c(OC)cc3c2cc1OC. The fourth-order valence-electron chi connectivity index (χ4n) is 4.82. The van der Waals surface area contributed by atoms with Crippen molar-refractivity contribution in [2.24, 2.45) is 5.92 Å². The van der Waals surface area contributed by atoms with Crippen LogP contribution in [-0.4, -0.2) is 46.1 Å². The van der Waals surface area contributed by atoms with Crippen LogP contribution in [0.15, 0.2) is 60.7 Å². The lowest BCUT2D eigenvalue weighted by Gasteiger charge is -2.18. The number of carboxylic acid groups (broad SMARTS) is 1. The second-order valence-electron chi connectivity index (χ2n) is 9.14. The number of hydrogen-bond acceptors (Lipinski definition) is 6. The summed E-state index contributed by atoms with van der Waals surface area (Å²) in [5.41, 5.74) is 2.01. The van der Waals surface area contributed by atoms with Crippen LogP contribution in [-0.2, 0) is 22.6 Å². The maximum Gasteiger partial charge on any atom is 0.306 e. The number of aliphatic carboxylic acids is 1. The van der Waals surface area contributed by atoms with Gasteiger partial charge in [-0.1, -0.05) is 36.4 Å². The van der Waals surface area contributed by atoms with Crippen molar-refractivity contribution >= 4 is 27.5 Å². The molecule has 0 spiro atoms. The lowest BCUT2D eigenvalue weighted by molar-refractivity contribution is -0.142. The van der Waals surface area contributed by atoms with Crippen LogP contribution in [0.2, 0.25) is 0 Å². The van der Waals surface area contributed by atoms with Gasteiger partial charge in [0.15, 0.2) is 23.0 Å². The minimum atomic E-state index is -0.825. The minimum Gasteiger partial charge on any atom is -0.493 e. The predicted molar refractivity (Wildman–Crippen MR) is 148 cm³/mol. The van der Waals surface area contributed by atoms with Crippen LogP contribution < -0.4 is 18.9 Å². The monoisotopic (exact) mass is 518 g/mol. The number of rotatable bonds is 13. The minimum absolute atomic E-state index is 0.365. The third-order valence-electron chi connectivity index (χ3n) is 6.81. The zero-order valence-corrected chi connectivity index (χ0v) is 22.3. The fourth-order valence-corrected chi connectivity index (χ4v) is 4.82. The van der Waals surface area contributed by atoms with Gasteiger partial charge >= 0.3 is 5.97 Å². The topological polar surface area (TPSA) is 83.5 Å². The Labute approximate surface area is 222 Å². The molecule has 7 nitrogen and oxygen atoms in total. The summed E-state index contributed by atoms with van der Waals surface area (Å²) in [5.74, 6) is 1.01. The van der Waals surface area contributed by atoms with E-state index in [0.717, 1.165) is 32.7 Å². The molecule has 4 aromatic carbocycles. The summed E-state index contributed by atoms with van der Waals surface area (Å²) in [6, 6.07) is 19.7. The van der Waals surface area contributed by atoms with Gasteiger partial charge in [-0.3, -0.25) is 4.79 Å². The molecule has 4 aromatic rings. The van der Waals surface area contributed by atoms with Crippen LogP contribution >= 0.6 is 0 Å². The summed E-state index contributed by atoms with van der Waals surface area (Å²) in [6.07, 6.45) is 1.52. The van der Waals surface area contributed by atoms with Crippen LogP contribution in [0.3, 0.4) is 0 Å². The van der Waals surface area contributed by atoms with Gasteiger partial charge in [0, 0.05) is 6.61 Å². The van der Waals surface area contributed by atoms with E-state index in [-0.39, 0.29) is 0 Å². The van der Waals surface area contributed by atoms with Crippen LogP contribution in [0.25, 0.3) is 21.5 Å². The first-order chi connectivity index (χ1) is 18.5. The zero-order valence-electron chi connectivity index (χ0n) is 22.3. The van der Waals surface area contributed by atoms with Crippen molar-refractivity contribution < 1.29 is 33.6 Å². The van der Waals surface area contributed by atoms with Crippen molar-refractivity contribution in [1.82, 2.24) is 0 Å². The van der Waals surface area contributed by atoms with E-state index >= 15 is 0 Å². The fraction of sp³-hybridized carbons (Fsp3) is 0.323. The number of ether oxygens (including phenoxy) is 5. The number of methoxy groups -OCH3 is 4. The molecule has 200 valence electrons. The Morgan fingerprint density at radius 3 is 1.95 bits per heavy atom. The average Bonchev–Trinajstić information content (AvgIpc) is 2.95. The van der Waals surface area contributed by atoms with E-state index in [9.17, 15) is 9.90 Å². The van der Waals surface area contributed by atoms with Crippen molar-refractivity contribution in [3.63, 3.8) is 0 Å². The Balaban J connectivity index is 1.65. The van der Waals surface area contributed by atoms with E-state index in [1.807, 2.05) is 60.7 Å². The van der Waals surface area contributed by atoms with E-state index in [2.05, 4.69) is 0 Å². The van der Waals surface area contributed by atoms with E-state index in [1.54, 1.807) is 28.4 Å². The molecule has 0 unspecified atom stereocenters. The van der Waals surface area contributed by atoms with Gasteiger partial charge in [-0.05, 0) is 76.2 Å². The van der Waals surface area contributed by atoms with Crippen molar-refractivity contribution in [2.75, 3.05) is 35.0 Å². The van der Waals surface area contributed by atoms with E-state index in [1.165, 1.54) is 0 Å². The first-order valence-corrected chi connectivity index (χ1v) is 12.6. The molecule has 0 aliphatic heterocycles. The van der Waals surface area contributed by atoms with Crippen molar-refractivity contribution in [3.8, 4) is 23.0 Å². The molecular weight excluding hydrogens is 484 g/mol. The third kappa shape index (κ3) is 5.94. The van der Waals surface area contributed by atoms with Crippen LogP contribution in [0.5, 0.6) is 23.0 Å². The van der Waals surface area contributed by atoms with Crippen molar-refractivity contribution in [1.29, 1.82) is 0 Å². The standard InChI is InChI=1S/C31H34O7/c1-34-27-15-23-14-22(13-21(31(32)33)11-8-12-38-19-20-9-6-5-7-10-20)24-16-29(36-3)30(37-4)18-26(24)25(23)17-28(27)35-2/h5-7,9-10,14-18,21H,8,11-13,19H2,1-4H3,(H,32,33)/t21-/m0/s1. The Hall–Kier alpha value is -3.97. The van der Waals surface area contributed by atoms with Crippen molar-refractivity contribution in [3.05, 3.63) is 71.8 Å². The molecule has 1 atom stereocenters. The number of hydrogen-bond donors (Lipinski definition) is 1. The normalized spacial score (nSPS) is 11.9. The number of carboxylic acids is 1. The Kier molecular flexibility index (Phi) is 8.92. The smallest absolute Gasteiger partial charge is 0.306 e. The molecule has 0 bridgehead atoms. The van der Waals surface area contributed by atoms with Gasteiger partial charge in [-0.2, -0.15) is 0 Å². The first kappa shape index (κ1) is 27.1. The summed E-state index contributed by atoms with van der Waals surface area (Å²) >= 11 is 0. The number of carbonyl (C=O) groups is 1. The highest BCUT2D eigenvalue weighted by Gasteiger charge is 2.22. The summed E-state index contributed by atoms with van der Waals surface area (Å²) in [7, 11) is 6.39. The van der Waals surface area contributed by atoms with Crippen LogP contribution in [0, 0.1) is 5.92 Å². The molecule has 0 heterocycles. The molecule has 0 radical (unpaired) electrons. The number of benzene rings is 4. The van der Waals surface area contributed by atoms with Gasteiger partial charge in [0.2, 0.25) is 0 Å². The van der Waals surface area contributed by atoms with E-state index in [0.29, 0.717) is 55.5 Å². The van der Waals surface area contributed by atoms with Gasteiger partial charge in [-0.15, -0.1) is 0 Å². The second kappa shape index (κ2) is 12.5. The molecule has 38 heavy (non-hydrogen) atoms. The zero-order chi connectivity index (χ0) is 27.1. The van der Waals surface area contributed by atoms with Gasteiger partial charge in [0.05, 0.1) is 41.0 Å². The molecule has 4 rings (SSSR count). The van der Waals surface area contributed by atoms with E-state index in [4.69, 9.17) is 23.7 Å². The van der Waals surface area contributed by atoms with Crippen molar-refractivity contribution in [2.45, 2.75) is 25.9 Å². The Morgan fingerprint density at radius 2 is 1.34 bits per heavy atom. The summed E-state index contributed by atoms with van der Waals surface area (Å²) < 4.78 is 28.0. The molecule has 7 heteroatoms. The largest absolute Gasteiger partial charge is 0.493 e. The van der Waals surface area contributed by atoms with Crippen LogP contribution in [0.1, 0.15) is 24.0 Å². The van der Waals surface area contributed by atoms with Gasteiger partial charge in [-0.25, -0.2) is 0 Å². The predicted octanol–water partition coefficient (Wildman–Crippen LogP) is 6.27. The first-order valence-electron chi connectivity index (χ1n) is 12.6. The molecule has 0 aliphatic carbocycles. The van der Waals surface area contributed by atoms with Crippen LogP contribution in [0.4, 0.5) is 0 Å². The average molecular weight is 519 g/mol. The van der Waals surface area contributed by atoms with E-state index < -0.39 is 11.9 Å². The summed E-state index contributed by atoms with van der Waals surface area (Å²) in [4.78, 5) is 12.3. The van der Waals surface area contributed by atoms with Gasteiger partial charge in [0.1, 0.15) is 0 Å². The lowest BCUT2D eigenvalue weighted by Crippen LogP contribution is -2.17.